The van der Waals surface area contributed by atoms with Crippen LogP contribution in [0, 0.1) is 10.1 Å². The molecule has 152 valence electrons. The molecule has 2 aromatic carbocycles. The van der Waals surface area contributed by atoms with Gasteiger partial charge in [-0.1, -0.05) is 13.3 Å². The molecule has 0 saturated carbocycles. The highest BCUT2D eigenvalue weighted by atomic mass is 16.6. The zero-order valence-electron chi connectivity index (χ0n) is 16.3. The summed E-state index contributed by atoms with van der Waals surface area (Å²) in [5.41, 5.74) is 0.865. The topological polar surface area (TPSA) is 111 Å². The molecule has 2 rings (SSSR count). The van der Waals surface area contributed by atoms with Crippen LogP contribution >= 0.6 is 0 Å². The first-order chi connectivity index (χ1) is 13.9. The number of nitrogens with one attached hydrogen (secondary N) is 2. The molecule has 8 heteroatoms. The van der Waals surface area contributed by atoms with Gasteiger partial charge in [0.05, 0.1) is 11.5 Å². The van der Waals surface area contributed by atoms with Crippen molar-refractivity contribution in [2.24, 2.45) is 0 Å². The number of unbranched alkanes of at least 4 members (excludes halogenated alkanes) is 1. The number of hydrogen-bond acceptors (Lipinski definition) is 5. The maximum absolute atomic E-state index is 12.5. The molecule has 0 aliphatic rings. The lowest BCUT2D eigenvalue weighted by atomic mass is 10.1. The van der Waals surface area contributed by atoms with E-state index >= 15 is 0 Å². The molecule has 0 spiro atoms. The fraction of sp³-hybridized carbons (Fsp3) is 0.238. The summed E-state index contributed by atoms with van der Waals surface area (Å²) in [7, 11) is 1.45. The Morgan fingerprint density at radius 1 is 1.10 bits per heavy atom. The third-order valence-electron chi connectivity index (χ3n) is 4.02. The Morgan fingerprint density at radius 2 is 1.76 bits per heavy atom. The van der Waals surface area contributed by atoms with Gasteiger partial charge in [-0.15, -0.1) is 0 Å². The lowest BCUT2D eigenvalue weighted by Gasteiger charge is -2.10. The lowest BCUT2D eigenvalue weighted by Crippen LogP contribution is -2.33. The van der Waals surface area contributed by atoms with Crippen LogP contribution in [0.3, 0.4) is 0 Å². The van der Waals surface area contributed by atoms with E-state index in [-0.39, 0.29) is 11.4 Å². The van der Waals surface area contributed by atoms with Crippen molar-refractivity contribution < 1.29 is 19.2 Å². The summed E-state index contributed by atoms with van der Waals surface area (Å²) in [6.07, 6.45) is 3.43. The first-order valence-electron chi connectivity index (χ1n) is 9.17. The van der Waals surface area contributed by atoms with E-state index in [1.807, 2.05) is 0 Å². The van der Waals surface area contributed by atoms with E-state index < -0.39 is 16.7 Å². The van der Waals surface area contributed by atoms with Crippen LogP contribution < -0.4 is 15.4 Å². The number of hydrogen-bond donors (Lipinski definition) is 2. The number of benzene rings is 2. The monoisotopic (exact) mass is 397 g/mol. The Labute approximate surface area is 168 Å². The second-order valence-corrected chi connectivity index (χ2v) is 6.17. The van der Waals surface area contributed by atoms with Gasteiger partial charge in [0.1, 0.15) is 11.4 Å². The zero-order valence-corrected chi connectivity index (χ0v) is 16.3. The maximum Gasteiger partial charge on any atom is 0.269 e. The fourth-order valence-corrected chi connectivity index (χ4v) is 2.38. The van der Waals surface area contributed by atoms with Crippen molar-refractivity contribution in [1.29, 1.82) is 0 Å². The van der Waals surface area contributed by atoms with Crippen molar-refractivity contribution in [3.63, 3.8) is 0 Å². The number of amides is 2. The summed E-state index contributed by atoms with van der Waals surface area (Å²) >= 11 is 0. The van der Waals surface area contributed by atoms with Crippen LogP contribution in [0.2, 0.25) is 0 Å². The van der Waals surface area contributed by atoms with Gasteiger partial charge in [-0.2, -0.15) is 0 Å². The number of carbonyl (C=O) groups excluding carboxylic acids is 2. The van der Waals surface area contributed by atoms with E-state index in [1.165, 1.54) is 37.4 Å². The number of nitro groups is 1. The molecule has 0 bridgehead atoms. The van der Waals surface area contributed by atoms with Crippen LogP contribution in [0.5, 0.6) is 5.75 Å². The number of carbonyl (C=O) groups is 2. The number of nitro benzene ring substituents is 1. The zero-order chi connectivity index (χ0) is 21.2. The third-order valence-corrected chi connectivity index (χ3v) is 4.02. The van der Waals surface area contributed by atoms with E-state index in [0.29, 0.717) is 23.5 Å². The van der Waals surface area contributed by atoms with Crippen molar-refractivity contribution in [3.8, 4) is 5.75 Å². The molecule has 0 saturated heterocycles. The van der Waals surface area contributed by atoms with Crippen molar-refractivity contribution in [2.45, 2.75) is 19.8 Å². The Bertz CT molecular complexity index is 890. The molecule has 0 fully saturated rings. The third kappa shape index (κ3) is 6.46. The highest BCUT2D eigenvalue weighted by Gasteiger charge is 2.14. The molecule has 0 aliphatic carbocycles. The first-order valence-corrected chi connectivity index (χ1v) is 9.17. The summed E-state index contributed by atoms with van der Waals surface area (Å²) < 4.78 is 5.57. The second-order valence-electron chi connectivity index (χ2n) is 6.17. The summed E-state index contributed by atoms with van der Waals surface area (Å²) in [6.45, 7) is 2.69. The van der Waals surface area contributed by atoms with E-state index in [1.54, 1.807) is 24.3 Å². The van der Waals surface area contributed by atoms with Gasteiger partial charge < -0.3 is 15.4 Å². The summed E-state index contributed by atoms with van der Waals surface area (Å²) in [4.78, 5) is 34.9. The van der Waals surface area contributed by atoms with Crippen molar-refractivity contribution in [2.75, 3.05) is 13.7 Å². The minimum absolute atomic E-state index is 0.0228. The number of likely N-dealkylation sites (N-methyl/N-ethyl adjacent to an activating group) is 1. The van der Waals surface area contributed by atoms with E-state index in [2.05, 4.69) is 17.6 Å². The van der Waals surface area contributed by atoms with Gasteiger partial charge >= 0.3 is 0 Å². The highest BCUT2D eigenvalue weighted by Crippen LogP contribution is 2.15. The molecule has 29 heavy (non-hydrogen) atoms. The molecule has 0 heterocycles. The number of rotatable bonds is 9. The van der Waals surface area contributed by atoms with Crippen LogP contribution in [-0.4, -0.2) is 30.4 Å². The predicted octanol–water partition coefficient (Wildman–Crippen LogP) is 3.29. The molecule has 0 aromatic heterocycles. The summed E-state index contributed by atoms with van der Waals surface area (Å²) in [5.74, 6) is -0.277. The van der Waals surface area contributed by atoms with Crippen molar-refractivity contribution in [3.05, 3.63) is 75.5 Å². The van der Waals surface area contributed by atoms with Crippen LogP contribution in [0.15, 0.2) is 54.2 Å². The van der Waals surface area contributed by atoms with E-state index in [4.69, 9.17) is 4.74 Å². The van der Waals surface area contributed by atoms with E-state index in [9.17, 15) is 19.7 Å². The molecule has 8 nitrogen and oxygen atoms in total. The van der Waals surface area contributed by atoms with E-state index in [0.717, 1.165) is 12.8 Å². The predicted molar refractivity (Wildman–Crippen MR) is 109 cm³/mol. The molecule has 2 aromatic rings. The number of non-ortho nitro benzene ring substituents is 1. The van der Waals surface area contributed by atoms with Gasteiger partial charge in [-0.05, 0) is 54.5 Å². The Kier molecular flexibility index (Phi) is 7.90. The Hall–Kier alpha value is -3.68. The standard InChI is InChI=1S/C21H23N3O5/c1-3-4-13-29-18-11-7-16(8-12-18)20(25)23-19(21(26)22-2)14-15-5-9-17(10-6-15)24(27)28/h5-12,14H,3-4,13H2,1-2H3,(H,22,26)(H,23,25). The molecule has 0 unspecified atom stereocenters. The van der Waals surface area contributed by atoms with Crippen LogP contribution in [-0.2, 0) is 4.79 Å². The van der Waals surface area contributed by atoms with Gasteiger partial charge in [0.15, 0.2) is 0 Å². The Morgan fingerprint density at radius 3 is 2.31 bits per heavy atom. The number of nitrogens with zero attached hydrogens (tertiary/aromatic N) is 1. The smallest absolute Gasteiger partial charge is 0.269 e. The van der Waals surface area contributed by atoms with Crippen LogP contribution in [0.4, 0.5) is 5.69 Å². The molecular formula is C21H23N3O5. The van der Waals surface area contributed by atoms with Crippen molar-refractivity contribution in [1.82, 2.24) is 10.6 Å². The Balaban J connectivity index is 2.14. The summed E-state index contributed by atoms with van der Waals surface area (Å²) in [6, 6.07) is 12.3. The van der Waals surface area contributed by atoms with Gasteiger partial charge in [-0.25, -0.2) is 0 Å². The minimum Gasteiger partial charge on any atom is -0.494 e. The second kappa shape index (κ2) is 10.6. The lowest BCUT2D eigenvalue weighted by molar-refractivity contribution is -0.384. The fourth-order valence-electron chi connectivity index (χ4n) is 2.38. The normalized spacial score (nSPS) is 10.9. The quantitative estimate of drug-likeness (QED) is 0.292. The highest BCUT2D eigenvalue weighted by molar-refractivity contribution is 6.05. The molecule has 2 N–H and O–H groups in total. The largest absolute Gasteiger partial charge is 0.494 e. The first kappa shape index (κ1) is 21.6. The molecule has 0 aliphatic heterocycles. The molecule has 2 amide bonds. The van der Waals surface area contributed by atoms with Crippen LogP contribution in [0.25, 0.3) is 6.08 Å². The SMILES string of the molecule is CCCCOc1ccc(C(=O)NC(=Cc2ccc([N+](=O)[O-])cc2)C(=O)NC)cc1. The van der Waals surface area contributed by atoms with Gasteiger partial charge in [0.25, 0.3) is 17.5 Å². The number of ether oxygens (including phenoxy) is 1. The van der Waals surface area contributed by atoms with Crippen LogP contribution in [0.1, 0.15) is 35.7 Å². The van der Waals surface area contributed by atoms with Crippen molar-refractivity contribution >= 4 is 23.6 Å². The van der Waals surface area contributed by atoms with Gasteiger partial charge in [-0.3, -0.25) is 19.7 Å². The average Bonchev–Trinajstić information content (AvgIpc) is 2.73. The average molecular weight is 397 g/mol. The molecular weight excluding hydrogens is 374 g/mol. The summed E-state index contributed by atoms with van der Waals surface area (Å²) in [5, 5.41) is 15.8. The molecule has 0 atom stereocenters. The minimum atomic E-state index is -0.509. The van der Waals surface area contributed by atoms with Gasteiger partial charge in [0.2, 0.25) is 0 Å². The molecule has 0 radical (unpaired) electrons. The maximum atomic E-state index is 12.5. The van der Waals surface area contributed by atoms with Gasteiger partial charge in [0, 0.05) is 24.7 Å².